The summed E-state index contributed by atoms with van der Waals surface area (Å²) in [6.07, 6.45) is 4.23. The van der Waals surface area contributed by atoms with E-state index in [0.29, 0.717) is 0 Å². The van der Waals surface area contributed by atoms with Crippen molar-refractivity contribution >= 4 is 11.9 Å². The zero-order valence-corrected chi connectivity index (χ0v) is 11.9. The van der Waals surface area contributed by atoms with E-state index in [1.807, 2.05) is 13.0 Å². The van der Waals surface area contributed by atoms with Gasteiger partial charge in [0.25, 0.3) is 0 Å². The van der Waals surface area contributed by atoms with Crippen LogP contribution in [0.4, 0.5) is 0 Å². The summed E-state index contributed by atoms with van der Waals surface area (Å²) in [5.41, 5.74) is 1.12. The molecule has 2 aliphatic carbocycles. The van der Waals surface area contributed by atoms with Crippen molar-refractivity contribution in [1.29, 1.82) is 0 Å². The van der Waals surface area contributed by atoms with Gasteiger partial charge in [-0.3, -0.25) is 4.79 Å². The molecule has 110 valence electrons. The monoisotopic (exact) mass is 288 g/mol. The third-order valence-electron chi connectivity index (χ3n) is 6.10. The Morgan fingerprint density at radius 1 is 1.29 bits per heavy atom. The first kappa shape index (κ1) is 12.0. The smallest absolute Gasteiger partial charge is 0.331 e. The number of carbonyl (C=O) groups excluding carboxylic acids is 2. The average Bonchev–Trinajstić information content (AvgIpc) is 3.13. The van der Waals surface area contributed by atoms with Gasteiger partial charge in [0.2, 0.25) is 0 Å². The Morgan fingerprint density at radius 2 is 2.10 bits per heavy atom. The summed E-state index contributed by atoms with van der Waals surface area (Å²) in [7, 11) is 0. The highest BCUT2D eigenvalue weighted by Crippen LogP contribution is 2.68. The van der Waals surface area contributed by atoms with E-state index >= 15 is 0 Å². The number of rotatable bonds is 0. The van der Waals surface area contributed by atoms with Crippen LogP contribution in [0.2, 0.25) is 0 Å². The fraction of sp³-hybridized carbons (Fsp3) is 0.625. The molecule has 5 aliphatic rings. The molecule has 3 heterocycles. The molecule has 0 N–H and O–H groups in total. The van der Waals surface area contributed by atoms with E-state index in [1.54, 1.807) is 6.08 Å². The third-order valence-corrected chi connectivity index (χ3v) is 6.10. The van der Waals surface area contributed by atoms with Crippen molar-refractivity contribution < 1.29 is 23.8 Å². The maximum Gasteiger partial charge on any atom is 0.331 e. The standard InChI is InChI=1S/C16H16O5/c1-15-5-10-13(20-10)16(2)12(15)9(21-14(16)18)3-7-6-19-11(17)4-8(7)15/h3-4,9-10,12-13H,5-6H2,1-2H3/t9-,10+,12-,13+,15-,16-/m1/s1. The maximum absolute atomic E-state index is 12.5. The lowest BCUT2D eigenvalue weighted by atomic mass is 9.50. The quantitative estimate of drug-likeness (QED) is 0.494. The molecule has 0 bridgehead atoms. The van der Waals surface area contributed by atoms with Crippen LogP contribution in [0.15, 0.2) is 23.3 Å². The summed E-state index contributed by atoms with van der Waals surface area (Å²) in [6.45, 7) is 4.37. The average molecular weight is 288 g/mol. The molecule has 0 spiro atoms. The molecule has 5 nitrogen and oxygen atoms in total. The Kier molecular flexibility index (Phi) is 1.85. The van der Waals surface area contributed by atoms with E-state index < -0.39 is 5.41 Å². The van der Waals surface area contributed by atoms with Crippen LogP contribution in [0.25, 0.3) is 0 Å². The van der Waals surface area contributed by atoms with Crippen LogP contribution >= 0.6 is 0 Å². The molecular weight excluding hydrogens is 272 g/mol. The summed E-state index contributed by atoms with van der Waals surface area (Å²) in [5, 5.41) is 0. The maximum atomic E-state index is 12.5. The predicted octanol–water partition coefficient (Wildman–Crippen LogP) is 1.13. The van der Waals surface area contributed by atoms with Crippen LogP contribution in [0.1, 0.15) is 20.3 Å². The van der Waals surface area contributed by atoms with Gasteiger partial charge in [-0.25, -0.2) is 4.79 Å². The number of carbonyl (C=O) groups is 2. The second-order valence-electron chi connectivity index (χ2n) is 7.20. The number of hydrogen-bond donors (Lipinski definition) is 0. The fourth-order valence-electron chi connectivity index (χ4n) is 5.23. The second-order valence-corrected chi connectivity index (χ2v) is 7.20. The Labute approximate surface area is 121 Å². The second kappa shape index (κ2) is 3.24. The third kappa shape index (κ3) is 1.19. The molecule has 3 aliphatic heterocycles. The minimum Gasteiger partial charge on any atom is -0.458 e. The highest BCUT2D eigenvalue weighted by atomic mass is 16.6. The van der Waals surface area contributed by atoms with Gasteiger partial charge in [0.05, 0.1) is 6.10 Å². The Bertz CT molecular complexity index is 662. The van der Waals surface area contributed by atoms with Crippen molar-refractivity contribution in [2.45, 2.75) is 38.6 Å². The van der Waals surface area contributed by atoms with Gasteiger partial charge in [-0.15, -0.1) is 0 Å². The number of cyclic esters (lactones) is 1. The molecule has 0 amide bonds. The van der Waals surface area contributed by atoms with Crippen molar-refractivity contribution in [3.63, 3.8) is 0 Å². The van der Waals surface area contributed by atoms with Crippen molar-refractivity contribution in [2.75, 3.05) is 6.61 Å². The molecule has 1 saturated carbocycles. The highest BCUT2D eigenvalue weighted by Gasteiger charge is 2.75. The first-order valence-corrected chi connectivity index (χ1v) is 7.41. The number of fused-ring (bicyclic) bond motifs is 4. The fourth-order valence-corrected chi connectivity index (χ4v) is 5.23. The molecule has 0 aromatic heterocycles. The van der Waals surface area contributed by atoms with Gasteiger partial charge < -0.3 is 14.2 Å². The Hall–Kier alpha value is -1.62. The van der Waals surface area contributed by atoms with E-state index in [2.05, 4.69) is 6.92 Å². The lowest BCUT2D eigenvalue weighted by Crippen LogP contribution is -2.53. The normalized spacial score (nSPS) is 52.7. The van der Waals surface area contributed by atoms with Gasteiger partial charge in [-0.05, 0) is 30.6 Å². The van der Waals surface area contributed by atoms with Crippen LogP contribution in [0, 0.1) is 16.7 Å². The lowest BCUT2D eigenvalue weighted by molar-refractivity contribution is -0.148. The van der Waals surface area contributed by atoms with Crippen LogP contribution in [0.3, 0.4) is 0 Å². The Balaban J connectivity index is 1.75. The van der Waals surface area contributed by atoms with Crippen molar-refractivity contribution in [2.24, 2.45) is 16.7 Å². The minimum atomic E-state index is -0.605. The van der Waals surface area contributed by atoms with Gasteiger partial charge in [0.15, 0.2) is 0 Å². The van der Waals surface area contributed by atoms with Crippen molar-refractivity contribution in [3.05, 3.63) is 23.3 Å². The first-order valence-electron chi connectivity index (χ1n) is 7.41. The summed E-state index contributed by atoms with van der Waals surface area (Å²) in [5.74, 6) is -0.436. The zero-order chi connectivity index (χ0) is 14.6. The SMILES string of the molecule is C[C@]12C(=O)O[C@@H]3C=C4COC(=O)C=C4[C@@](C)(C[C@@H]4O[C@@H]41)[C@@H]32. The number of ether oxygens (including phenoxy) is 3. The van der Waals surface area contributed by atoms with Crippen LogP contribution in [-0.2, 0) is 23.8 Å². The molecule has 0 aromatic carbocycles. The van der Waals surface area contributed by atoms with Crippen LogP contribution in [0.5, 0.6) is 0 Å². The molecule has 21 heavy (non-hydrogen) atoms. The van der Waals surface area contributed by atoms with E-state index in [9.17, 15) is 9.59 Å². The molecule has 0 unspecified atom stereocenters. The molecule has 6 atom stereocenters. The van der Waals surface area contributed by atoms with Gasteiger partial charge >= 0.3 is 11.9 Å². The van der Waals surface area contributed by atoms with E-state index in [-0.39, 0.29) is 48.2 Å². The largest absolute Gasteiger partial charge is 0.458 e. The van der Waals surface area contributed by atoms with Gasteiger partial charge in [0, 0.05) is 17.4 Å². The number of hydrogen-bond acceptors (Lipinski definition) is 5. The molecule has 5 rings (SSSR count). The lowest BCUT2D eigenvalue weighted by Gasteiger charge is -2.50. The van der Waals surface area contributed by atoms with Gasteiger partial charge in [-0.2, -0.15) is 0 Å². The van der Waals surface area contributed by atoms with Gasteiger partial charge in [0.1, 0.15) is 24.2 Å². The number of esters is 2. The van der Waals surface area contributed by atoms with E-state index in [1.165, 1.54) is 0 Å². The molecular formula is C16H16O5. The summed E-state index contributed by atoms with van der Waals surface area (Å²) in [4.78, 5) is 24.2. The Morgan fingerprint density at radius 3 is 2.90 bits per heavy atom. The van der Waals surface area contributed by atoms with Crippen LogP contribution < -0.4 is 0 Å². The molecule has 3 fully saturated rings. The van der Waals surface area contributed by atoms with E-state index in [4.69, 9.17) is 14.2 Å². The van der Waals surface area contributed by atoms with Crippen molar-refractivity contribution in [1.82, 2.24) is 0 Å². The predicted molar refractivity (Wildman–Crippen MR) is 70.0 cm³/mol. The summed E-state index contributed by atoms with van der Waals surface area (Å²) < 4.78 is 16.5. The molecule has 0 aromatic rings. The first-order chi connectivity index (χ1) is 9.94. The van der Waals surface area contributed by atoms with Gasteiger partial charge in [-0.1, -0.05) is 6.92 Å². The topological polar surface area (TPSA) is 65.1 Å². The summed E-state index contributed by atoms with van der Waals surface area (Å²) in [6, 6.07) is 0. The molecule has 0 radical (unpaired) electrons. The minimum absolute atomic E-state index is 0.0285. The summed E-state index contributed by atoms with van der Waals surface area (Å²) >= 11 is 0. The molecule has 5 heteroatoms. The zero-order valence-electron chi connectivity index (χ0n) is 11.9. The van der Waals surface area contributed by atoms with Crippen molar-refractivity contribution in [3.8, 4) is 0 Å². The van der Waals surface area contributed by atoms with E-state index in [0.717, 1.165) is 17.6 Å². The molecule has 2 saturated heterocycles. The number of epoxide rings is 1. The van der Waals surface area contributed by atoms with Crippen LogP contribution in [-0.4, -0.2) is 36.9 Å². The highest BCUT2D eigenvalue weighted by molar-refractivity contribution is 5.87.